The summed E-state index contributed by atoms with van der Waals surface area (Å²) in [5.74, 6) is 1.41. The molecule has 0 saturated heterocycles. The number of aliphatic imine (C=N–C) groups is 1. The number of aromatic nitrogens is 2. The van der Waals surface area contributed by atoms with Gasteiger partial charge in [-0.3, -0.25) is 5.10 Å². The first-order valence-electron chi connectivity index (χ1n) is 8.06. The van der Waals surface area contributed by atoms with Crippen LogP contribution in [0.3, 0.4) is 0 Å². The molecule has 2 aromatic rings. The Morgan fingerprint density at radius 3 is 2.88 bits per heavy atom. The normalized spacial score (nSPS) is 11.7. The molecule has 5 heteroatoms. The number of allylic oxidation sites excluding steroid dienone is 1. The number of aromatic amines is 1. The van der Waals surface area contributed by atoms with Crippen LogP contribution in [0.4, 0.5) is 11.5 Å². The third-order valence-electron chi connectivity index (χ3n) is 3.74. The fourth-order valence-electron chi connectivity index (χ4n) is 2.34. The Kier molecular flexibility index (Phi) is 6.37. The maximum absolute atomic E-state index is 4.28. The van der Waals surface area contributed by atoms with Gasteiger partial charge in [0.15, 0.2) is 5.82 Å². The van der Waals surface area contributed by atoms with Gasteiger partial charge in [0.25, 0.3) is 0 Å². The number of rotatable bonds is 7. The molecule has 0 saturated carbocycles. The lowest BCUT2D eigenvalue weighted by molar-refractivity contribution is 0.888. The molecule has 1 heterocycles. The number of hydrogen-bond acceptors (Lipinski definition) is 3. The SMILES string of the molecule is C=CC(=N/C=C\C)Nc1cc(CCc2cc(NC)ccc2C)[nH]n1. The van der Waals surface area contributed by atoms with Crippen LogP contribution >= 0.6 is 0 Å². The highest BCUT2D eigenvalue weighted by atomic mass is 15.2. The lowest BCUT2D eigenvalue weighted by atomic mass is 10.0. The fourth-order valence-corrected chi connectivity index (χ4v) is 2.34. The first-order chi connectivity index (χ1) is 11.7. The molecule has 0 atom stereocenters. The maximum Gasteiger partial charge on any atom is 0.153 e. The Morgan fingerprint density at radius 1 is 1.33 bits per heavy atom. The van der Waals surface area contributed by atoms with Gasteiger partial charge in [0, 0.05) is 30.7 Å². The quantitative estimate of drug-likeness (QED) is 0.531. The molecule has 0 unspecified atom stereocenters. The third-order valence-corrected chi connectivity index (χ3v) is 3.74. The number of nitrogens with zero attached hydrogens (tertiary/aromatic N) is 2. The highest BCUT2D eigenvalue weighted by molar-refractivity contribution is 6.03. The highest BCUT2D eigenvalue weighted by Crippen LogP contribution is 2.17. The van der Waals surface area contributed by atoms with Crippen molar-refractivity contribution in [2.75, 3.05) is 17.7 Å². The molecule has 0 aliphatic carbocycles. The molecule has 126 valence electrons. The number of hydrogen-bond donors (Lipinski definition) is 3. The predicted octanol–water partition coefficient (Wildman–Crippen LogP) is 4.08. The molecule has 0 aliphatic rings. The van der Waals surface area contributed by atoms with Crippen LogP contribution in [0.15, 0.2) is 54.2 Å². The topological polar surface area (TPSA) is 65.1 Å². The molecule has 0 fully saturated rings. The molecule has 1 aromatic heterocycles. The molecule has 2 rings (SSSR count). The van der Waals surface area contributed by atoms with Crippen molar-refractivity contribution in [1.82, 2.24) is 10.2 Å². The minimum Gasteiger partial charge on any atom is -0.388 e. The molecule has 5 nitrogen and oxygen atoms in total. The zero-order chi connectivity index (χ0) is 17.4. The Bertz CT molecular complexity index is 740. The largest absolute Gasteiger partial charge is 0.388 e. The smallest absolute Gasteiger partial charge is 0.153 e. The Balaban J connectivity index is 2.00. The maximum atomic E-state index is 4.28. The Morgan fingerprint density at radius 2 is 2.17 bits per heavy atom. The van der Waals surface area contributed by atoms with Crippen molar-refractivity contribution in [3.05, 3.63) is 66.0 Å². The van der Waals surface area contributed by atoms with E-state index in [1.54, 1.807) is 12.3 Å². The minimum atomic E-state index is 0.670. The van der Waals surface area contributed by atoms with Crippen molar-refractivity contribution in [1.29, 1.82) is 0 Å². The number of anilines is 2. The molecule has 0 spiro atoms. The van der Waals surface area contributed by atoms with Crippen LogP contribution in [-0.2, 0) is 12.8 Å². The molecule has 0 radical (unpaired) electrons. The lowest BCUT2D eigenvalue weighted by Gasteiger charge is -2.08. The summed E-state index contributed by atoms with van der Waals surface area (Å²) in [5, 5.41) is 13.7. The van der Waals surface area contributed by atoms with Crippen LogP contribution in [-0.4, -0.2) is 23.1 Å². The Hall–Kier alpha value is -2.82. The van der Waals surface area contributed by atoms with Gasteiger partial charge in [-0.15, -0.1) is 0 Å². The van der Waals surface area contributed by atoms with Crippen LogP contribution in [0.25, 0.3) is 0 Å². The van der Waals surface area contributed by atoms with Crippen LogP contribution < -0.4 is 10.6 Å². The average molecular weight is 323 g/mol. The molecule has 0 bridgehead atoms. The molecule has 1 aromatic carbocycles. The molecule has 0 aliphatic heterocycles. The van der Waals surface area contributed by atoms with E-state index in [-0.39, 0.29) is 0 Å². The standard InChI is InChI=1S/C19H25N5/c1-5-11-21-18(6-2)22-19-13-17(23-24-19)10-8-15-12-16(20-4)9-7-14(15)3/h5-7,9,11-13,20H,2,8,10H2,1,3-4H3,(H2,21,22,23,24)/b11-5-. The van der Waals surface area contributed by atoms with E-state index in [0.717, 1.165) is 30.0 Å². The van der Waals surface area contributed by atoms with E-state index in [9.17, 15) is 0 Å². The third kappa shape index (κ3) is 4.84. The molecule has 3 N–H and O–H groups in total. The van der Waals surface area contributed by atoms with Crippen molar-refractivity contribution in [2.45, 2.75) is 26.7 Å². The summed E-state index contributed by atoms with van der Waals surface area (Å²) in [4.78, 5) is 4.24. The second-order valence-electron chi connectivity index (χ2n) is 5.50. The zero-order valence-corrected chi connectivity index (χ0v) is 14.6. The number of nitrogens with one attached hydrogen (secondary N) is 3. The zero-order valence-electron chi connectivity index (χ0n) is 14.6. The van der Waals surface area contributed by atoms with Crippen molar-refractivity contribution in [3.63, 3.8) is 0 Å². The minimum absolute atomic E-state index is 0.670. The molecule has 24 heavy (non-hydrogen) atoms. The lowest BCUT2D eigenvalue weighted by Crippen LogP contribution is -2.08. The van der Waals surface area contributed by atoms with Crippen LogP contribution in [0.5, 0.6) is 0 Å². The van der Waals surface area contributed by atoms with Gasteiger partial charge in [0.1, 0.15) is 5.84 Å². The van der Waals surface area contributed by atoms with Crippen LogP contribution in [0.2, 0.25) is 0 Å². The monoisotopic (exact) mass is 323 g/mol. The van der Waals surface area contributed by atoms with Gasteiger partial charge in [-0.25, -0.2) is 4.99 Å². The Labute approximate surface area is 143 Å². The fraction of sp³-hybridized carbons (Fsp3) is 0.263. The second-order valence-corrected chi connectivity index (χ2v) is 5.50. The van der Waals surface area contributed by atoms with E-state index in [4.69, 9.17) is 0 Å². The van der Waals surface area contributed by atoms with E-state index >= 15 is 0 Å². The summed E-state index contributed by atoms with van der Waals surface area (Å²) >= 11 is 0. The summed E-state index contributed by atoms with van der Waals surface area (Å²) in [5.41, 5.74) is 4.87. The van der Waals surface area contributed by atoms with Crippen LogP contribution in [0.1, 0.15) is 23.7 Å². The number of benzene rings is 1. The predicted molar refractivity (Wildman–Crippen MR) is 103 cm³/mol. The van der Waals surface area contributed by atoms with E-state index < -0.39 is 0 Å². The van der Waals surface area contributed by atoms with Gasteiger partial charge in [0.05, 0.1) is 0 Å². The summed E-state index contributed by atoms with van der Waals surface area (Å²) in [7, 11) is 1.94. The van der Waals surface area contributed by atoms with Gasteiger partial charge in [-0.2, -0.15) is 5.10 Å². The van der Waals surface area contributed by atoms with E-state index in [0.29, 0.717) is 5.84 Å². The average Bonchev–Trinajstić information content (AvgIpc) is 3.05. The van der Waals surface area contributed by atoms with E-state index in [1.807, 2.05) is 26.1 Å². The highest BCUT2D eigenvalue weighted by Gasteiger charge is 2.05. The summed E-state index contributed by atoms with van der Waals surface area (Å²) in [6, 6.07) is 8.45. The van der Waals surface area contributed by atoms with Gasteiger partial charge in [0.2, 0.25) is 0 Å². The van der Waals surface area contributed by atoms with Gasteiger partial charge in [-0.1, -0.05) is 18.7 Å². The molecular weight excluding hydrogens is 298 g/mol. The summed E-state index contributed by atoms with van der Waals surface area (Å²) < 4.78 is 0. The van der Waals surface area contributed by atoms with Crippen molar-refractivity contribution in [2.24, 2.45) is 4.99 Å². The first-order valence-corrected chi connectivity index (χ1v) is 8.06. The second kappa shape index (κ2) is 8.72. The van der Waals surface area contributed by atoms with E-state index in [1.165, 1.54) is 11.1 Å². The number of H-pyrrole nitrogens is 1. The van der Waals surface area contributed by atoms with Crippen molar-refractivity contribution in [3.8, 4) is 0 Å². The van der Waals surface area contributed by atoms with E-state index in [2.05, 4.69) is 57.5 Å². The molecular formula is C19H25N5. The van der Waals surface area contributed by atoms with Gasteiger partial charge >= 0.3 is 0 Å². The van der Waals surface area contributed by atoms with Gasteiger partial charge in [-0.05, 0) is 56.0 Å². The van der Waals surface area contributed by atoms with Crippen molar-refractivity contribution < 1.29 is 0 Å². The number of amidine groups is 1. The molecule has 0 amide bonds. The van der Waals surface area contributed by atoms with Crippen molar-refractivity contribution >= 4 is 17.3 Å². The summed E-state index contributed by atoms with van der Waals surface area (Å²) in [6.07, 6.45) is 7.11. The van der Waals surface area contributed by atoms with Crippen LogP contribution in [0, 0.1) is 6.92 Å². The summed E-state index contributed by atoms with van der Waals surface area (Å²) in [6.45, 7) is 7.81. The number of aryl methyl sites for hydroxylation is 3. The first kappa shape index (κ1) is 17.5. The van der Waals surface area contributed by atoms with Gasteiger partial charge < -0.3 is 10.6 Å².